The molecule has 7 nitrogen and oxygen atoms in total. The van der Waals surface area contributed by atoms with Crippen LogP contribution in [0.1, 0.15) is 5.56 Å². The van der Waals surface area contributed by atoms with E-state index in [2.05, 4.69) is 25.5 Å². The predicted octanol–water partition coefficient (Wildman–Crippen LogP) is 0.0874. The van der Waals surface area contributed by atoms with E-state index in [0.717, 1.165) is 50.9 Å². The first-order valence-corrected chi connectivity index (χ1v) is 7.55. The molecule has 2 N–H and O–H groups in total. The number of hydrogen-bond acceptors (Lipinski definition) is 5. The first kappa shape index (κ1) is 16.5. The number of aliphatic imine (C=N–C) groups is 1. The molecule has 7 heteroatoms. The Morgan fingerprint density at radius 1 is 1.36 bits per heavy atom. The largest absolute Gasteiger partial charge is 0.481 e. The van der Waals surface area contributed by atoms with Gasteiger partial charge in [0, 0.05) is 52.0 Å². The summed E-state index contributed by atoms with van der Waals surface area (Å²) in [6, 6.07) is 3.84. The van der Waals surface area contributed by atoms with Gasteiger partial charge < -0.3 is 20.1 Å². The monoisotopic (exact) mass is 307 g/mol. The Bertz CT molecular complexity index is 458. The zero-order valence-corrected chi connectivity index (χ0v) is 13.3. The molecule has 1 aromatic heterocycles. The van der Waals surface area contributed by atoms with Crippen molar-refractivity contribution in [3.8, 4) is 5.88 Å². The fourth-order valence-corrected chi connectivity index (χ4v) is 2.20. The van der Waals surface area contributed by atoms with Crippen LogP contribution < -0.4 is 15.4 Å². The SMILES string of the molecule is CN=C(NCCN1CCOCC1)NCc1ccc(OC)nc1. The lowest BCUT2D eigenvalue weighted by Gasteiger charge is -2.26. The zero-order valence-electron chi connectivity index (χ0n) is 13.3. The van der Waals surface area contributed by atoms with Crippen molar-refractivity contribution in [3.63, 3.8) is 0 Å². The fourth-order valence-electron chi connectivity index (χ4n) is 2.20. The second-order valence-corrected chi connectivity index (χ2v) is 5.02. The molecule has 0 amide bonds. The highest BCUT2D eigenvalue weighted by Gasteiger charge is 2.09. The first-order chi connectivity index (χ1) is 10.8. The molecule has 1 aromatic rings. The normalized spacial score (nSPS) is 16.4. The van der Waals surface area contributed by atoms with Crippen LogP contribution in [-0.2, 0) is 11.3 Å². The lowest BCUT2D eigenvalue weighted by Crippen LogP contribution is -2.44. The maximum Gasteiger partial charge on any atom is 0.212 e. The van der Waals surface area contributed by atoms with Crippen LogP contribution in [0.4, 0.5) is 0 Å². The summed E-state index contributed by atoms with van der Waals surface area (Å²) < 4.78 is 10.4. The highest BCUT2D eigenvalue weighted by atomic mass is 16.5. The summed E-state index contributed by atoms with van der Waals surface area (Å²) in [4.78, 5) is 10.8. The number of aromatic nitrogens is 1. The molecular weight excluding hydrogens is 282 g/mol. The van der Waals surface area contributed by atoms with E-state index in [9.17, 15) is 0 Å². The molecule has 122 valence electrons. The molecule has 1 aliphatic heterocycles. The van der Waals surface area contributed by atoms with E-state index < -0.39 is 0 Å². The third-order valence-corrected chi connectivity index (χ3v) is 3.51. The lowest BCUT2D eigenvalue weighted by atomic mass is 10.3. The molecule has 0 aliphatic carbocycles. The Morgan fingerprint density at radius 3 is 2.82 bits per heavy atom. The summed E-state index contributed by atoms with van der Waals surface area (Å²) >= 11 is 0. The third-order valence-electron chi connectivity index (χ3n) is 3.51. The number of pyridine rings is 1. The average molecular weight is 307 g/mol. The number of ether oxygens (including phenoxy) is 2. The van der Waals surface area contributed by atoms with Crippen LogP contribution in [-0.4, -0.2) is 69.4 Å². The molecule has 0 saturated carbocycles. The van der Waals surface area contributed by atoms with E-state index in [-0.39, 0.29) is 0 Å². The molecule has 0 spiro atoms. The standard InChI is InChI=1S/C15H25N5O2/c1-16-15(17-5-6-20-7-9-22-10-8-20)19-12-13-3-4-14(21-2)18-11-13/h3-4,11H,5-10,12H2,1-2H3,(H2,16,17,19). The van der Waals surface area contributed by atoms with E-state index in [1.807, 2.05) is 12.1 Å². The Hall–Kier alpha value is -1.86. The van der Waals surface area contributed by atoms with Gasteiger partial charge in [0.15, 0.2) is 5.96 Å². The minimum absolute atomic E-state index is 0.622. The molecule has 0 aromatic carbocycles. The second kappa shape index (κ2) is 9.22. The second-order valence-electron chi connectivity index (χ2n) is 5.02. The Kier molecular flexibility index (Phi) is 6.92. The van der Waals surface area contributed by atoms with Crippen LogP contribution >= 0.6 is 0 Å². The number of hydrogen-bond donors (Lipinski definition) is 2. The highest BCUT2D eigenvalue weighted by molar-refractivity contribution is 5.79. The molecule has 0 atom stereocenters. The van der Waals surface area contributed by atoms with E-state index in [4.69, 9.17) is 9.47 Å². The zero-order chi connectivity index (χ0) is 15.6. The lowest BCUT2D eigenvalue weighted by molar-refractivity contribution is 0.0389. The molecule has 1 saturated heterocycles. The summed E-state index contributed by atoms with van der Waals surface area (Å²) in [6.45, 7) is 6.20. The fraction of sp³-hybridized carbons (Fsp3) is 0.600. The molecule has 1 fully saturated rings. The summed E-state index contributed by atoms with van der Waals surface area (Å²) in [5, 5.41) is 6.60. The molecule has 1 aliphatic rings. The van der Waals surface area contributed by atoms with Gasteiger partial charge in [-0.2, -0.15) is 0 Å². The maximum atomic E-state index is 5.34. The van der Waals surface area contributed by atoms with Crippen LogP contribution in [0.25, 0.3) is 0 Å². The summed E-state index contributed by atoms with van der Waals surface area (Å²) in [6.07, 6.45) is 1.80. The average Bonchev–Trinajstić information content (AvgIpc) is 2.59. The maximum absolute atomic E-state index is 5.34. The summed E-state index contributed by atoms with van der Waals surface area (Å²) in [7, 11) is 3.39. The van der Waals surface area contributed by atoms with Crippen molar-refractivity contribution in [1.82, 2.24) is 20.5 Å². The highest BCUT2D eigenvalue weighted by Crippen LogP contribution is 2.06. The van der Waals surface area contributed by atoms with Crippen LogP contribution in [0.5, 0.6) is 5.88 Å². The van der Waals surface area contributed by atoms with Gasteiger partial charge >= 0.3 is 0 Å². The minimum atomic E-state index is 0.622. The minimum Gasteiger partial charge on any atom is -0.481 e. The topological polar surface area (TPSA) is 71.0 Å². The van der Waals surface area contributed by atoms with Crippen LogP contribution in [0.2, 0.25) is 0 Å². The van der Waals surface area contributed by atoms with Crippen molar-refractivity contribution < 1.29 is 9.47 Å². The van der Waals surface area contributed by atoms with Crippen LogP contribution in [0, 0.1) is 0 Å². The molecule has 2 heterocycles. The van der Waals surface area contributed by atoms with E-state index in [0.29, 0.717) is 12.4 Å². The third kappa shape index (κ3) is 5.50. The van der Waals surface area contributed by atoms with Gasteiger partial charge in [-0.15, -0.1) is 0 Å². The van der Waals surface area contributed by atoms with Gasteiger partial charge in [-0.05, 0) is 5.56 Å². The number of methoxy groups -OCH3 is 1. The van der Waals surface area contributed by atoms with Gasteiger partial charge in [0.25, 0.3) is 0 Å². The Labute approximate surface area is 131 Å². The van der Waals surface area contributed by atoms with Crippen LogP contribution in [0.15, 0.2) is 23.3 Å². The van der Waals surface area contributed by atoms with Gasteiger partial charge in [0.2, 0.25) is 5.88 Å². The number of nitrogens with one attached hydrogen (secondary N) is 2. The van der Waals surface area contributed by atoms with Crippen molar-refractivity contribution in [2.24, 2.45) is 4.99 Å². The molecule has 0 unspecified atom stereocenters. The van der Waals surface area contributed by atoms with Crippen molar-refractivity contribution in [2.45, 2.75) is 6.54 Å². The summed E-state index contributed by atoms with van der Waals surface area (Å²) in [5.41, 5.74) is 1.08. The summed E-state index contributed by atoms with van der Waals surface area (Å²) in [5.74, 6) is 1.42. The predicted molar refractivity (Wildman–Crippen MR) is 86.2 cm³/mol. The Morgan fingerprint density at radius 2 is 2.18 bits per heavy atom. The van der Waals surface area contributed by atoms with E-state index >= 15 is 0 Å². The quantitative estimate of drug-likeness (QED) is 0.573. The van der Waals surface area contributed by atoms with Crippen LogP contribution in [0.3, 0.4) is 0 Å². The molecule has 2 rings (SSSR count). The number of rotatable bonds is 6. The van der Waals surface area contributed by atoms with Crippen molar-refractivity contribution in [1.29, 1.82) is 0 Å². The first-order valence-electron chi connectivity index (χ1n) is 7.55. The van der Waals surface area contributed by atoms with E-state index in [1.165, 1.54) is 0 Å². The molecule has 0 radical (unpaired) electrons. The van der Waals surface area contributed by atoms with Gasteiger partial charge in [-0.25, -0.2) is 4.98 Å². The van der Waals surface area contributed by atoms with Gasteiger partial charge in [-0.3, -0.25) is 9.89 Å². The van der Waals surface area contributed by atoms with Crippen molar-refractivity contribution >= 4 is 5.96 Å². The number of nitrogens with zero attached hydrogens (tertiary/aromatic N) is 3. The smallest absolute Gasteiger partial charge is 0.212 e. The molecule has 0 bridgehead atoms. The van der Waals surface area contributed by atoms with E-state index in [1.54, 1.807) is 20.4 Å². The number of morpholine rings is 1. The van der Waals surface area contributed by atoms with Crippen molar-refractivity contribution in [3.05, 3.63) is 23.9 Å². The molecule has 22 heavy (non-hydrogen) atoms. The molecular formula is C15H25N5O2. The van der Waals surface area contributed by atoms with Gasteiger partial charge in [-0.1, -0.05) is 6.07 Å². The van der Waals surface area contributed by atoms with Gasteiger partial charge in [0.05, 0.1) is 20.3 Å². The Balaban J connectivity index is 1.67. The van der Waals surface area contributed by atoms with Gasteiger partial charge in [0.1, 0.15) is 0 Å². The number of guanidine groups is 1. The van der Waals surface area contributed by atoms with Crippen molar-refractivity contribution in [2.75, 3.05) is 53.6 Å².